The standard InChI is InChI=1S/C14H16NSi.2CH4O.Ir/c1-16(2,3)13-9-10-14(15-11-13)12-7-5-4-6-8-12;2*1-2;/h4-7,9-11H,1-3H3;2*2H,1H3;/q-1;;;. The van der Waals surface area contributed by atoms with E-state index >= 15 is 0 Å². The Morgan fingerprint density at radius 1 is 0.952 bits per heavy atom. The normalized spacial score (nSPS) is 9.29. The molecule has 1 radical (unpaired) electrons. The monoisotopic (exact) mass is 483 g/mol. The van der Waals surface area contributed by atoms with E-state index in [0.717, 1.165) is 25.5 Å². The number of aliphatic hydroxyl groups excluding tert-OH is 2. The minimum atomic E-state index is -1.23. The van der Waals surface area contributed by atoms with Crippen LogP contribution in [0, 0.1) is 6.07 Å². The Morgan fingerprint density at radius 2 is 1.57 bits per heavy atom. The average Bonchev–Trinajstić information content (AvgIpc) is 2.51. The molecule has 21 heavy (non-hydrogen) atoms. The molecule has 0 aliphatic carbocycles. The molecular formula is C16H24IrNO2Si-. The van der Waals surface area contributed by atoms with Gasteiger partial charge in [0.1, 0.15) is 0 Å². The summed E-state index contributed by atoms with van der Waals surface area (Å²) in [5, 5.41) is 15.4. The second kappa shape index (κ2) is 11.8. The van der Waals surface area contributed by atoms with E-state index < -0.39 is 8.07 Å². The molecule has 2 rings (SSSR count). The van der Waals surface area contributed by atoms with Gasteiger partial charge < -0.3 is 15.2 Å². The molecule has 0 fully saturated rings. The smallest absolute Gasteiger partial charge is 0.0795 e. The third kappa shape index (κ3) is 7.65. The van der Waals surface area contributed by atoms with Crippen molar-refractivity contribution in [2.24, 2.45) is 0 Å². The Hall–Kier alpha value is -0.844. The average molecular weight is 483 g/mol. The molecule has 0 atom stereocenters. The van der Waals surface area contributed by atoms with E-state index in [0.29, 0.717) is 0 Å². The van der Waals surface area contributed by atoms with Gasteiger partial charge in [-0.25, -0.2) is 0 Å². The van der Waals surface area contributed by atoms with E-state index in [2.05, 4.69) is 42.8 Å². The van der Waals surface area contributed by atoms with Gasteiger partial charge in [0.15, 0.2) is 0 Å². The molecule has 3 nitrogen and oxygen atoms in total. The summed E-state index contributed by atoms with van der Waals surface area (Å²) >= 11 is 0. The van der Waals surface area contributed by atoms with Crippen LogP contribution in [0.15, 0.2) is 42.6 Å². The number of aromatic nitrogens is 1. The summed E-state index contributed by atoms with van der Waals surface area (Å²) in [5.74, 6) is 0. The number of benzene rings is 1. The van der Waals surface area contributed by atoms with Crippen molar-refractivity contribution in [3.63, 3.8) is 0 Å². The number of pyridine rings is 1. The summed E-state index contributed by atoms with van der Waals surface area (Å²) in [6.07, 6.45) is 2.02. The van der Waals surface area contributed by atoms with Gasteiger partial charge in [-0.1, -0.05) is 31.8 Å². The predicted octanol–water partition coefficient (Wildman–Crippen LogP) is 2.31. The van der Waals surface area contributed by atoms with Crippen molar-refractivity contribution in [3.05, 3.63) is 48.7 Å². The van der Waals surface area contributed by atoms with Crippen molar-refractivity contribution in [2.75, 3.05) is 14.2 Å². The van der Waals surface area contributed by atoms with Crippen LogP contribution in [0.25, 0.3) is 11.3 Å². The Kier molecular flexibility index (Phi) is 12.6. The second-order valence-corrected chi connectivity index (χ2v) is 10.0. The van der Waals surface area contributed by atoms with Crippen molar-refractivity contribution in [1.29, 1.82) is 0 Å². The van der Waals surface area contributed by atoms with E-state index in [9.17, 15) is 0 Å². The molecule has 0 amide bonds. The van der Waals surface area contributed by atoms with Crippen LogP contribution in [0.1, 0.15) is 0 Å². The summed E-state index contributed by atoms with van der Waals surface area (Å²) < 4.78 is 0. The molecule has 0 saturated heterocycles. The zero-order chi connectivity index (χ0) is 15.6. The quantitative estimate of drug-likeness (QED) is 0.510. The molecular weight excluding hydrogens is 458 g/mol. The van der Waals surface area contributed by atoms with Crippen molar-refractivity contribution >= 4 is 13.3 Å². The Morgan fingerprint density at radius 3 is 1.95 bits per heavy atom. The van der Waals surface area contributed by atoms with E-state index in [1.54, 1.807) is 0 Å². The fourth-order valence-corrected chi connectivity index (χ4v) is 2.58. The summed E-state index contributed by atoms with van der Waals surface area (Å²) in [6.45, 7) is 7.00. The van der Waals surface area contributed by atoms with Crippen LogP contribution in [0.3, 0.4) is 0 Å². The van der Waals surface area contributed by atoms with E-state index in [1.807, 2.05) is 30.5 Å². The van der Waals surface area contributed by atoms with Gasteiger partial charge in [0.05, 0.1) is 8.07 Å². The molecule has 1 heterocycles. The third-order valence-corrected chi connectivity index (χ3v) is 4.64. The molecule has 0 aliphatic rings. The molecule has 0 spiro atoms. The molecule has 0 aliphatic heterocycles. The molecule has 5 heteroatoms. The van der Waals surface area contributed by atoms with Gasteiger partial charge in [-0.3, -0.25) is 0 Å². The zero-order valence-corrected chi connectivity index (χ0v) is 16.6. The summed E-state index contributed by atoms with van der Waals surface area (Å²) in [7, 11) is 0.770. The van der Waals surface area contributed by atoms with Gasteiger partial charge in [-0.15, -0.1) is 35.9 Å². The van der Waals surface area contributed by atoms with Crippen molar-refractivity contribution in [1.82, 2.24) is 4.98 Å². The Bertz CT molecular complexity index is 470. The van der Waals surface area contributed by atoms with Gasteiger partial charge in [-0.05, 0) is 10.9 Å². The van der Waals surface area contributed by atoms with Gasteiger partial charge in [0, 0.05) is 40.5 Å². The molecule has 0 saturated carbocycles. The number of hydrogen-bond donors (Lipinski definition) is 2. The minimum Gasteiger partial charge on any atom is -0.400 e. The first-order valence-corrected chi connectivity index (χ1v) is 9.90. The maximum absolute atomic E-state index is 7.00. The Balaban J connectivity index is 0. The van der Waals surface area contributed by atoms with Crippen LogP contribution in [0.2, 0.25) is 19.6 Å². The van der Waals surface area contributed by atoms with Gasteiger partial charge in [0.2, 0.25) is 0 Å². The largest absolute Gasteiger partial charge is 0.400 e. The molecule has 119 valence electrons. The number of nitrogens with zero attached hydrogens (tertiary/aromatic N) is 1. The van der Waals surface area contributed by atoms with Crippen LogP contribution in [-0.4, -0.2) is 37.5 Å². The van der Waals surface area contributed by atoms with Gasteiger partial charge in [0.25, 0.3) is 0 Å². The van der Waals surface area contributed by atoms with Crippen LogP contribution in [-0.2, 0) is 20.1 Å². The maximum Gasteiger partial charge on any atom is 0.0795 e. The van der Waals surface area contributed by atoms with Crippen LogP contribution in [0.4, 0.5) is 0 Å². The molecule has 0 unspecified atom stereocenters. The van der Waals surface area contributed by atoms with E-state index in [4.69, 9.17) is 10.2 Å². The topological polar surface area (TPSA) is 53.4 Å². The van der Waals surface area contributed by atoms with Crippen molar-refractivity contribution in [2.45, 2.75) is 19.6 Å². The van der Waals surface area contributed by atoms with Crippen LogP contribution >= 0.6 is 0 Å². The molecule has 1 aromatic carbocycles. The second-order valence-electron chi connectivity index (χ2n) is 4.96. The first-order chi connectivity index (χ1) is 9.57. The van der Waals surface area contributed by atoms with E-state index in [1.165, 1.54) is 5.19 Å². The third-order valence-electron chi connectivity index (χ3n) is 2.61. The SMILES string of the molecule is CO.CO.C[Si](C)(C)c1ccc(-c2[c-]cccc2)nc1.[Ir]. The van der Waals surface area contributed by atoms with Gasteiger partial charge >= 0.3 is 0 Å². The molecule has 2 aromatic rings. The molecule has 0 bridgehead atoms. The first-order valence-electron chi connectivity index (χ1n) is 6.40. The fourth-order valence-electron chi connectivity index (χ4n) is 1.55. The summed E-state index contributed by atoms with van der Waals surface area (Å²) in [6, 6.07) is 15.4. The fraction of sp³-hybridized carbons (Fsp3) is 0.312. The number of aliphatic hydroxyl groups is 2. The number of hydrogen-bond acceptors (Lipinski definition) is 3. The van der Waals surface area contributed by atoms with Crippen molar-refractivity contribution in [3.8, 4) is 11.3 Å². The summed E-state index contributed by atoms with van der Waals surface area (Å²) in [5.41, 5.74) is 2.06. The first kappa shape index (κ1) is 22.4. The number of rotatable bonds is 2. The van der Waals surface area contributed by atoms with Crippen LogP contribution < -0.4 is 5.19 Å². The van der Waals surface area contributed by atoms with Crippen LogP contribution in [0.5, 0.6) is 0 Å². The Labute approximate surface area is 142 Å². The molecule has 1 aromatic heterocycles. The summed E-state index contributed by atoms with van der Waals surface area (Å²) in [4.78, 5) is 4.52. The predicted molar refractivity (Wildman–Crippen MR) is 87.8 cm³/mol. The minimum absolute atomic E-state index is 0. The maximum atomic E-state index is 7.00. The van der Waals surface area contributed by atoms with Gasteiger partial charge in [-0.2, -0.15) is 0 Å². The zero-order valence-electron chi connectivity index (χ0n) is 13.2. The van der Waals surface area contributed by atoms with E-state index in [-0.39, 0.29) is 20.1 Å². The molecule has 2 N–H and O–H groups in total. The van der Waals surface area contributed by atoms with Crippen molar-refractivity contribution < 1.29 is 30.3 Å².